The molecule has 0 heterocycles. The van der Waals surface area contributed by atoms with Crippen molar-refractivity contribution < 1.29 is 10.2 Å². The van der Waals surface area contributed by atoms with Crippen LogP contribution in [0.4, 0.5) is 0 Å². The molecule has 0 saturated heterocycles. The van der Waals surface area contributed by atoms with E-state index >= 15 is 0 Å². The zero-order chi connectivity index (χ0) is 9.78. The van der Waals surface area contributed by atoms with Crippen LogP contribution in [0, 0.1) is 5.92 Å². The maximum atomic E-state index is 9.73. The van der Waals surface area contributed by atoms with Gasteiger partial charge in [-0.3, -0.25) is 0 Å². The molecule has 0 aliphatic heterocycles. The third-order valence-corrected chi connectivity index (χ3v) is 2.60. The molecule has 2 nitrogen and oxygen atoms in total. The molecule has 74 valence electrons. The zero-order valence-electron chi connectivity index (χ0n) is 8.67. The second kappa shape index (κ2) is 4.83. The highest BCUT2D eigenvalue weighted by atomic mass is 16.3. The summed E-state index contributed by atoms with van der Waals surface area (Å²) >= 11 is 0. The van der Waals surface area contributed by atoms with Crippen LogP contribution in [0.5, 0.6) is 0 Å². The summed E-state index contributed by atoms with van der Waals surface area (Å²) in [6.07, 6.45) is 1.91. The van der Waals surface area contributed by atoms with Crippen LogP contribution in [0.15, 0.2) is 0 Å². The van der Waals surface area contributed by atoms with Gasteiger partial charge in [0.2, 0.25) is 0 Å². The fraction of sp³-hybridized carbons (Fsp3) is 1.00. The molecule has 0 spiro atoms. The summed E-state index contributed by atoms with van der Waals surface area (Å²) in [6.45, 7) is 7.73. The second-order valence-corrected chi connectivity index (χ2v) is 4.01. The average Bonchev–Trinajstić information content (AvgIpc) is 2.02. The first-order valence-electron chi connectivity index (χ1n) is 4.83. The van der Waals surface area contributed by atoms with E-state index in [1.54, 1.807) is 0 Å². The third-order valence-electron chi connectivity index (χ3n) is 2.60. The largest absolute Gasteiger partial charge is 0.393 e. The molecule has 0 bridgehead atoms. The lowest BCUT2D eigenvalue weighted by molar-refractivity contribution is 0.00229. The van der Waals surface area contributed by atoms with E-state index in [0.29, 0.717) is 6.42 Å². The third kappa shape index (κ3) is 4.07. The Morgan fingerprint density at radius 3 is 2.17 bits per heavy atom. The lowest BCUT2D eigenvalue weighted by atomic mass is 9.87. The highest BCUT2D eigenvalue weighted by molar-refractivity contribution is 4.76. The summed E-state index contributed by atoms with van der Waals surface area (Å²) in [4.78, 5) is 0. The van der Waals surface area contributed by atoms with E-state index < -0.39 is 5.60 Å². The molecule has 2 heteroatoms. The van der Waals surface area contributed by atoms with E-state index in [4.69, 9.17) is 0 Å². The van der Waals surface area contributed by atoms with Crippen molar-refractivity contribution in [3.8, 4) is 0 Å². The van der Waals surface area contributed by atoms with Gasteiger partial charge in [-0.1, -0.05) is 20.8 Å². The van der Waals surface area contributed by atoms with Crippen molar-refractivity contribution in [2.45, 2.75) is 58.7 Å². The van der Waals surface area contributed by atoms with Gasteiger partial charge in [0.25, 0.3) is 0 Å². The minimum atomic E-state index is -0.616. The van der Waals surface area contributed by atoms with Gasteiger partial charge in [-0.05, 0) is 32.1 Å². The average molecular weight is 174 g/mol. The molecule has 0 amide bonds. The standard InChI is InChI=1S/C10H22O2/c1-5-9(11)8(3)7-10(4,12)6-2/h8-9,11-12H,5-7H2,1-4H3. The van der Waals surface area contributed by atoms with Crippen LogP contribution in [0.2, 0.25) is 0 Å². The van der Waals surface area contributed by atoms with Crippen LogP contribution in [0.25, 0.3) is 0 Å². The van der Waals surface area contributed by atoms with E-state index in [2.05, 4.69) is 0 Å². The molecule has 0 radical (unpaired) electrons. The smallest absolute Gasteiger partial charge is 0.0620 e. The van der Waals surface area contributed by atoms with Crippen molar-refractivity contribution in [1.82, 2.24) is 0 Å². The first-order valence-corrected chi connectivity index (χ1v) is 4.83. The molecule has 3 atom stereocenters. The minimum absolute atomic E-state index is 0.185. The maximum Gasteiger partial charge on any atom is 0.0620 e. The molecule has 12 heavy (non-hydrogen) atoms. The van der Waals surface area contributed by atoms with Gasteiger partial charge in [0, 0.05) is 0 Å². The predicted molar refractivity (Wildman–Crippen MR) is 51.0 cm³/mol. The van der Waals surface area contributed by atoms with E-state index in [0.717, 1.165) is 12.8 Å². The van der Waals surface area contributed by atoms with Crippen LogP contribution in [-0.2, 0) is 0 Å². The Morgan fingerprint density at radius 1 is 1.33 bits per heavy atom. The summed E-state index contributed by atoms with van der Waals surface area (Å²) < 4.78 is 0. The number of hydrogen-bond donors (Lipinski definition) is 2. The van der Waals surface area contributed by atoms with Gasteiger partial charge in [0.1, 0.15) is 0 Å². The highest BCUT2D eigenvalue weighted by Crippen LogP contribution is 2.22. The molecule has 0 aromatic heterocycles. The number of aliphatic hydroxyl groups excluding tert-OH is 1. The van der Waals surface area contributed by atoms with E-state index in [1.165, 1.54) is 0 Å². The molecule has 0 aliphatic rings. The molecule has 3 unspecified atom stereocenters. The Balaban J connectivity index is 3.90. The van der Waals surface area contributed by atoms with Gasteiger partial charge < -0.3 is 10.2 Å². The molecule has 0 fully saturated rings. The predicted octanol–water partition coefficient (Wildman–Crippen LogP) is 1.94. The molecular formula is C10H22O2. The fourth-order valence-electron chi connectivity index (χ4n) is 1.38. The van der Waals surface area contributed by atoms with Crippen molar-refractivity contribution in [3.63, 3.8) is 0 Å². The summed E-state index contributed by atoms with van der Waals surface area (Å²) in [5.74, 6) is 0.185. The van der Waals surface area contributed by atoms with Crippen molar-refractivity contribution in [1.29, 1.82) is 0 Å². The fourth-order valence-corrected chi connectivity index (χ4v) is 1.38. The van der Waals surface area contributed by atoms with Crippen molar-refractivity contribution in [2.75, 3.05) is 0 Å². The number of hydrogen-bond acceptors (Lipinski definition) is 2. The van der Waals surface area contributed by atoms with Crippen molar-refractivity contribution >= 4 is 0 Å². The summed E-state index contributed by atoms with van der Waals surface area (Å²) in [6, 6.07) is 0. The van der Waals surface area contributed by atoms with Crippen molar-refractivity contribution in [2.24, 2.45) is 5.92 Å². The lowest BCUT2D eigenvalue weighted by Gasteiger charge is -2.27. The van der Waals surface area contributed by atoms with Gasteiger partial charge in [-0.2, -0.15) is 0 Å². The van der Waals surface area contributed by atoms with E-state index in [1.807, 2.05) is 27.7 Å². The van der Waals surface area contributed by atoms with Crippen LogP contribution < -0.4 is 0 Å². The Labute approximate surface area is 75.6 Å². The van der Waals surface area contributed by atoms with Crippen LogP contribution >= 0.6 is 0 Å². The van der Waals surface area contributed by atoms with Crippen molar-refractivity contribution in [3.05, 3.63) is 0 Å². The van der Waals surface area contributed by atoms with Gasteiger partial charge in [-0.15, -0.1) is 0 Å². The Morgan fingerprint density at radius 2 is 1.83 bits per heavy atom. The summed E-state index contributed by atoms with van der Waals surface area (Å²) in [5.41, 5.74) is -0.616. The van der Waals surface area contributed by atoms with E-state index in [9.17, 15) is 10.2 Å². The Bertz CT molecular complexity index is 121. The normalized spacial score (nSPS) is 21.5. The molecule has 2 N–H and O–H groups in total. The summed E-state index contributed by atoms with van der Waals surface area (Å²) in [5, 5.41) is 19.2. The first kappa shape index (κ1) is 11.9. The zero-order valence-corrected chi connectivity index (χ0v) is 8.67. The molecule has 0 saturated carbocycles. The van der Waals surface area contributed by atoms with Gasteiger partial charge >= 0.3 is 0 Å². The topological polar surface area (TPSA) is 40.5 Å². The maximum absolute atomic E-state index is 9.73. The van der Waals surface area contributed by atoms with Crippen LogP contribution in [0.1, 0.15) is 47.0 Å². The van der Waals surface area contributed by atoms with Gasteiger partial charge in [0.05, 0.1) is 11.7 Å². The Hall–Kier alpha value is -0.0800. The minimum Gasteiger partial charge on any atom is -0.393 e. The van der Waals surface area contributed by atoms with Gasteiger partial charge in [-0.25, -0.2) is 0 Å². The molecule has 0 aromatic carbocycles. The monoisotopic (exact) mass is 174 g/mol. The van der Waals surface area contributed by atoms with Gasteiger partial charge in [0.15, 0.2) is 0 Å². The highest BCUT2D eigenvalue weighted by Gasteiger charge is 2.24. The van der Waals surface area contributed by atoms with Crippen LogP contribution in [0.3, 0.4) is 0 Å². The first-order chi connectivity index (χ1) is 5.43. The molecular weight excluding hydrogens is 152 g/mol. The second-order valence-electron chi connectivity index (χ2n) is 4.01. The quantitative estimate of drug-likeness (QED) is 0.668. The molecule has 0 aromatic rings. The SMILES string of the molecule is CCC(O)C(C)CC(C)(O)CC. The number of aliphatic hydroxyl groups is 2. The number of rotatable bonds is 5. The van der Waals surface area contributed by atoms with Crippen LogP contribution in [-0.4, -0.2) is 21.9 Å². The summed E-state index contributed by atoms with van der Waals surface area (Å²) in [7, 11) is 0. The van der Waals surface area contributed by atoms with E-state index in [-0.39, 0.29) is 12.0 Å². The molecule has 0 aliphatic carbocycles. The Kier molecular flexibility index (Phi) is 4.80. The molecule has 0 rings (SSSR count). The lowest BCUT2D eigenvalue weighted by Crippen LogP contribution is -2.30.